The summed E-state index contributed by atoms with van der Waals surface area (Å²) in [5.74, 6) is 2.13. The van der Waals surface area contributed by atoms with Crippen LogP contribution in [0.1, 0.15) is 25.8 Å². The van der Waals surface area contributed by atoms with E-state index in [0.29, 0.717) is 12.2 Å². The molecule has 36 heavy (non-hydrogen) atoms. The van der Waals surface area contributed by atoms with E-state index in [1.807, 2.05) is 77.7 Å². The molecule has 3 aromatic rings. The molecule has 4 atom stereocenters. The number of benzene rings is 3. The topological polar surface area (TPSA) is 60.0 Å². The van der Waals surface area contributed by atoms with E-state index in [1.165, 1.54) is 0 Å². The van der Waals surface area contributed by atoms with Crippen molar-refractivity contribution in [1.29, 1.82) is 0 Å². The minimum Gasteiger partial charge on any atom is -0.497 e. The Labute approximate surface area is 212 Å². The van der Waals surface area contributed by atoms with E-state index in [1.54, 1.807) is 14.2 Å². The van der Waals surface area contributed by atoms with Gasteiger partial charge in [0, 0.05) is 16.8 Å². The first-order valence-electron chi connectivity index (χ1n) is 12.2. The lowest BCUT2D eigenvalue weighted by molar-refractivity contribution is -0.123. The largest absolute Gasteiger partial charge is 0.497 e. The highest BCUT2D eigenvalue weighted by atomic mass is 16.5. The molecule has 1 fully saturated rings. The summed E-state index contributed by atoms with van der Waals surface area (Å²) in [5, 5.41) is 3.62. The molecule has 0 unspecified atom stereocenters. The standard InChI is InChI=1S/C30H32N2O4/c1-19(2)30(3)18-26-27(31-20-11-13-21(34-4)14-12-20)28(36-22-9-7-6-8-10-22)29(33)32(26)25-16-15-23(35-5)17-24(25)30/h6-17,26-28,31H,1,18H2,2-5H3/t26-,27+,28-,30+/m1/s1. The zero-order valence-electron chi connectivity index (χ0n) is 21.2. The van der Waals surface area contributed by atoms with Crippen molar-refractivity contribution in [1.82, 2.24) is 0 Å². The van der Waals surface area contributed by atoms with Gasteiger partial charge < -0.3 is 24.4 Å². The van der Waals surface area contributed by atoms with E-state index in [2.05, 4.69) is 25.7 Å². The highest BCUT2D eigenvalue weighted by molar-refractivity contribution is 6.03. The summed E-state index contributed by atoms with van der Waals surface area (Å²) in [6, 6.07) is 22.7. The minimum atomic E-state index is -0.707. The maximum atomic E-state index is 14.0. The van der Waals surface area contributed by atoms with Gasteiger partial charge in [-0.3, -0.25) is 4.79 Å². The molecule has 3 aromatic carbocycles. The average molecular weight is 485 g/mol. The second kappa shape index (κ2) is 9.26. The summed E-state index contributed by atoms with van der Waals surface area (Å²) in [4.78, 5) is 15.9. The maximum Gasteiger partial charge on any atom is 0.270 e. The van der Waals surface area contributed by atoms with Crippen LogP contribution in [-0.2, 0) is 10.2 Å². The Morgan fingerprint density at radius 2 is 1.64 bits per heavy atom. The van der Waals surface area contributed by atoms with Gasteiger partial charge in [0.1, 0.15) is 17.2 Å². The second-order valence-electron chi connectivity index (χ2n) is 9.73. The number of carbonyl (C=O) groups excluding carboxylic acids is 1. The number of hydrogen-bond donors (Lipinski definition) is 1. The van der Waals surface area contributed by atoms with Crippen molar-refractivity contribution in [2.75, 3.05) is 24.4 Å². The molecule has 0 aliphatic carbocycles. The van der Waals surface area contributed by atoms with Crippen LogP contribution in [-0.4, -0.2) is 38.3 Å². The summed E-state index contributed by atoms with van der Waals surface area (Å²) >= 11 is 0. The molecule has 186 valence electrons. The van der Waals surface area contributed by atoms with Crippen LogP contribution in [0.4, 0.5) is 11.4 Å². The number of methoxy groups -OCH3 is 2. The molecule has 0 radical (unpaired) electrons. The van der Waals surface area contributed by atoms with Gasteiger partial charge in [0.05, 0.1) is 26.3 Å². The number of ether oxygens (including phenoxy) is 3. The number of nitrogens with zero attached hydrogens (tertiary/aromatic N) is 1. The van der Waals surface area contributed by atoms with E-state index in [0.717, 1.165) is 34.0 Å². The number of hydrogen-bond acceptors (Lipinski definition) is 5. The van der Waals surface area contributed by atoms with Crippen LogP contribution < -0.4 is 24.4 Å². The lowest BCUT2D eigenvalue weighted by Crippen LogP contribution is -2.50. The fraction of sp³-hybridized carbons (Fsp3) is 0.300. The van der Waals surface area contributed by atoms with Crippen molar-refractivity contribution in [3.05, 3.63) is 90.5 Å². The molecule has 0 aromatic heterocycles. The van der Waals surface area contributed by atoms with Gasteiger partial charge in [-0.2, -0.15) is 0 Å². The van der Waals surface area contributed by atoms with Crippen LogP contribution >= 0.6 is 0 Å². The fourth-order valence-electron chi connectivity index (χ4n) is 5.38. The number of fused-ring (bicyclic) bond motifs is 3. The minimum absolute atomic E-state index is 0.0648. The second-order valence-corrected chi connectivity index (χ2v) is 9.73. The lowest BCUT2D eigenvalue weighted by Gasteiger charge is -2.45. The molecule has 0 bridgehead atoms. The lowest BCUT2D eigenvalue weighted by atomic mass is 9.68. The van der Waals surface area contributed by atoms with Gasteiger partial charge in [-0.1, -0.05) is 37.3 Å². The first kappa shape index (κ1) is 23.8. The van der Waals surface area contributed by atoms with Gasteiger partial charge in [0.25, 0.3) is 5.91 Å². The Hall–Kier alpha value is -3.93. The van der Waals surface area contributed by atoms with Crippen LogP contribution in [0.5, 0.6) is 17.2 Å². The van der Waals surface area contributed by atoms with E-state index in [9.17, 15) is 4.79 Å². The van der Waals surface area contributed by atoms with Crippen molar-refractivity contribution in [3.63, 3.8) is 0 Å². The van der Waals surface area contributed by atoms with Gasteiger partial charge in [-0.25, -0.2) is 0 Å². The molecule has 2 aliphatic heterocycles. The van der Waals surface area contributed by atoms with Crippen molar-refractivity contribution in [2.24, 2.45) is 0 Å². The third kappa shape index (κ3) is 3.96. The Kier molecular flexibility index (Phi) is 6.12. The number of anilines is 2. The predicted octanol–water partition coefficient (Wildman–Crippen LogP) is 5.58. The van der Waals surface area contributed by atoms with Crippen LogP contribution in [0.25, 0.3) is 0 Å². The molecule has 2 aliphatic rings. The average Bonchev–Trinajstić information content (AvgIpc) is 3.14. The smallest absolute Gasteiger partial charge is 0.270 e. The summed E-state index contributed by atoms with van der Waals surface area (Å²) in [6.45, 7) is 8.60. The number of allylic oxidation sites excluding steroid dienone is 1. The quantitative estimate of drug-likeness (QED) is 0.444. The molecule has 1 saturated heterocycles. The molecular formula is C30H32N2O4. The van der Waals surface area contributed by atoms with Crippen molar-refractivity contribution in [3.8, 4) is 17.2 Å². The first-order valence-corrected chi connectivity index (χ1v) is 12.2. The number of nitrogens with one attached hydrogen (secondary N) is 1. The van der Waals surface area contributed by atoms with Crippen molar-refractivity contribution < 1.29 is 19.0 Å². The number of carbonyl (C=O) groups is 1. The van der Waals surface area contributed by atoms with Gasteiger partial charge in [-0.15, -0.1) is 0 Å². The first-order chi connectivity index (χ1) is 17.4. The van der Waals surface area contributed by atoms with Gasteiger partial charge in [-0.05, 0) is 73.5 Å². The number of rotatable bonds is 7. The molecule has 6 nitrogen and oxygen atoms in total. The monoisotopic (exact) mass is 484 g/mol. The number of amides is 1. The van der Waals surface area contributed by atoms with Crippen LogP contribution in [0.15, 0.2) is 84.9 Å². The predicted molar refractivity (Wildman–Crippen MR) is 142 cm³/mol. The molecule has 6 heteroatoms. The van der Waals surface area contributed by atoms with Gasteiger partial charge >= 0.3 is 0 Å². The fourth-order valence-corrected chi connectivity index (χ4v) is 5.38. The molecule has 5 rings (SSSR count). The zero-order valence-corrected chi connectivity index (χ0v) is 21.2. The summed E-state index contributed by atoms with van der Waals surface area (Å²) in [7, 11) is 3.30. The van der Waals surface area contributed by atoms with Gasteiger partial charge in [0.2, 0.25) is 0 Å². The van der Waals surface area contributed by atoms with E-state index >= 15 is 0 Å². The molecular weight excluding hydrogens is 452 g/mol. The van der Waals surface area contributed by atoms with Crippen LogP contribution in [0, 0.1) is 0 Å². The maximum absolute atomic E-state index is 14.0. The van der Waals surface area contributed by atoms with E-state index in [4.69, 9.17) is 14.2 Å². The summed E-state index contributed by atoms with van der Waals surface area (Å²) in [5.41, 5.74) is 3.52. The normalized spacial score (nSPS) is 24.5. The summed E-state index contributed by atoms with van der Waals surface area (Å²) in [6.07, 6.45) is -0.00148. The molecule has 1 amide bonds. The van der Waals surface area contributed by atoms with E-state index < -0.39 is 6.10 Å². The molecule has 0 spiro atoms. The van der Waals surface area contributed by atoms with Crippen LogP contribution in [0.2, 0.25) is 0 Å². The molecule has 1 N–H and O–H groups in total. The summed E-state index contributed by atoms with van der Waals surface area (Å²) < 4.78 is 17.2. The van der Waals surface area contributed by atoms with E-state index in [-0.39, 0.29) is 23.4 Å². The molecule has 0 saturated carbocycles. The Balaban J connectivity index is 1.60. The SMILES string of the molecule is C=C(C)[C@]1(C)C[C@@H]2[C@H](Nc3ccc(OC)cc3)[C@@H](Oc3ccccc3)C(=O)N2c2ccc(OC)cc21. The van der Waals surface area contributed by atoms with Gasteiger partial charge in [0.15, 0.2) is 6.10 Å². The third-order valence-electron chi connectivity index (χ3n) is 7.60. The highest BCUT2D eigenvalue weighted by Gasteiger charge is 2.56. The van der Waals surface area contributed by atoms with Crippen LogP contribution in [0.3, 0.4) is 0 Å². The van der Waals surface area contributed by atoms with Crippen molar-refractivity contribution in [2.45, 2.75) is 43.9 Å². The highest BCUT2D eigenvalue weighted by Crippen LogP contribution is 2.51. The Morgan fingerprint density at radius 1 is 0.972 bits per heavy atom. The third-order valence-corrected chi connectivity index (χ3v) is 7.60. The Morgan fingerprint density at radius 3 is 2.28 bits per heavy atom. The zero-order chi connectivity index (χ0) is 25.4. The molecule has 2 heterocycles. The van der Waals surface area contributed by atoms with Crippen molar-refractivity contribution >= 4 is 17.3 Å². The Bertz CT molecular complexity index is 1270. The number of para-hydroxylation sites is 1.